The lowest BCUT2D eigenvalue weighted by Gasteiger charge is -2.49. The number of amides is 5. The van der Waals surface area contributed by atoms with Crippen molar-refractivity contribution in [2.24, 2.45) is 5.16 Å². The number of thiazole rings is 1. The number of β-lactam (4-membered cyclic amide) rings is 1. The Bertz CT molecular complexity index is 2450. The number of anilines is 1. The number of hydrogen-bond donors (Lipinski definition) is 10. The number of phenolic OH excluding ortho intramolecular Hbond substituents is 2. The Balaban J connectivity index is 1.17. The summed E-state index contributed by atoms with van der Waals surface area (Å²) in [7, 11) is 0. The van der Waals surface area contributed by atoms with Crippen LogP contribution < -0.4 is 27.4 Å². The molecular formula is C31H30N12O13S3. The van der Waals surface area contributed by atoms with Crippen LogP contribution in [0.25, 0.3) is 5.78 Å². The number of benzene rings is 1. The Kier molecular flexibility index (Phi) is 12.1. The average molecular weight is 875 g/mol. The van der Waals surface area contributed by atoms with Gasteiger partial charge in [0, 0.05) is 34.1 Å². The van der Waals surface area contributed by atoms with Crippen LogP contribution in [0.15, 0.2) is 51.3 Å². The van der Waals surface area contributed by atoms with E-state index in [1.807, 2.05) is 0 Å². The van der Waals surface area contributed by atoms with Crippen LogP contribution in [0, 0.1) is 0 Å². The van der Waals surface area contributed by atoms with E-state index in [9.17, 15) is 49.2 Å². The van der Waals surface area contributed by atoms with Gasteiger partial charge in [0.1, 0.15) is 34.4 Å². The van der Waals surface area contributed by atoms with Gasteiger partial charge in [0.25, 0.3) is 35.3 Å². The van der Waals surface area contributed by atoms with Gasteiger partial charge in [-0.25, -0.2) is 20.2 Å². The lowest BCUT2D eigenvalue weighted by molar-refractivity contribution is -0.148. The molecule has 6 rings (SSSR count). The highest BCUT2D eigenvalue weighted by Gasteiger charge is 2.54. The number of ether oxygens (including phenoxy) is 1. The largest absolute Gasteiger partial charge is 0.512 e. The van der Waals surface area contributed by atoms with Gasteiger partial charge in [-0.1, -0.05) is 5.16 Å². The van der Waals surface area contributed by atoms with Crippen LogP contribution in [0.2, 0.25) is 0 Å². The maximum Gasteiger partial charge on any atom is 0.512 e. The summed E-state index contributed by atoms with van der Waals surface area (Å²) >= 11 is 3.13. The maximum atomic E-state index is 13.7. The molecular weight excluding hydrogens is 845 g/mol. The number of hydrogen-bond acceptors (Lipinski definition) is 21. The molecule has 1 saturated heterocycles. The number of aromatic hydroxyl groups is 2. The molecule has 1 fully saturated rings. The molecule has 28 heteroatoms. The fourth-order valence-corrected chi connectivity index (χ4v) is 8.10. The molecule has 0 unspecified atom stereocenters. The maximum absolute atomic E-state index is 13.7. The van der Waals surface area contributed by atoms with Gasteiger partial charge in [-0.2, -0.15) is 9.50 Å². The van der Waals surface area contributed by atoms with Crippen molar-refractivity contribution in [3.8, 4) is 11.5 Å². The second-order valence-electron chi connectivity index (χ2n) is 12.5. The van der Waals surface area contributed by atoms with Crippen LogP contribution in [-0.4, -0.2) is 125 Å². The summed E-state index contributed by atoms with van der Waals surface area (Å²) in [6.07, 6.45) is -1.73. The number of carboxylic acid groups (broad SMARTS) is 1. The van der Waals surface area contributed by atoms with Gasteiger partial charge in [-0.15, -0.1) is 40.0 Å². The van der Waals surface area contributed by atoms with Gasteiger partial charge in [0.15, 0.2) is 28.2 Å². The highest BCUT2D eigenvalue weighted by Crippen LogP contribution is 2.42. The van der Waals surface area contributed by atoms with Crippen LogP contribution in [-0.2, 0) is 30.6 Å². The number of hydrazine groups is 1. The highest BCUT2D eigenvalue weighted by atomic mass is 32.2. The summed E-state index contributed by atoms with van der Waals surface area (Å²) < 4.78 is 6.28. The average Bonchev–Trinajstić information content (AvgIpc) is 3.84. The van der Waals surface area contributed by atoms with Crippen molar-refractivity contribution >= 4 is 87.2 Å². The minimum absolute atomic E-state index is 0.0196. The molecule has 0 spiro atoms. The number of carbonyl (C=O) groups excluding carboxylic acids is 5. The van der Waals surface area contributed by atoms with Crippen LogP contribution in [0.1, 0.15) is 46.2 Å². The lowest BCUT2D eigenvalue weighted by atomic mass is 10.1. The third kappa shape index (κ3) is 8.89. The highest BCUT2D eigenvalue weighted by molar-refractivity contribution is 8.01. The summed E-state index contributed by atoms with van der Waals surface area (Å²) in [6.45, 7) is 1.97. The Morgan fingerprint density at radius 1 is 1.07 bits per heavy atom. The molecule has 59 heavy (non-hydrogen) atoms. The van der Waals surface area contributed by atoms with E-state index in [0.29, 0.717) is 5.57 Å². The number of rotatable bonds is 13. The van der Waals surface area contributed by atoms with E-state index in [1.165, 1.54) is 41.4 Å². The van der Waals surface area contributed by atoms with Crippen molar-refractivity contribution in [3.05, 3.63) is 63.9 Å². The number of nitrogens with zero attached hydrogens (tertiary/aromatic N) is 7. The Hall–Kier alpha value is -6.75. The topological polar surface area (TPSA) is 368 Å². The molecule has 5 heterocycles. The van der Waals surface area contributed by atoms with E-state index < -0.39 is 76.5 Å². The second kappa shape index (κ2) is 17.0. The predicted molar refractivity (Wildman–Crippen MR) is 201 cm³/mol. The number of thioether (sulfide) groups is 2. The number of carbonyl (C=O) groups is 6. The number of phenols is 2. The first kappa shape index (κ1) is 41.9. The van der Waals surface area contributed by atoms with Crippen molar-refractivity contribution in [3.63, 3.8) is 0 Å². The van der Waals surface area contributed by atoms with Crippen LogP contribution in [0.3, 0.4) is 0 Å². The molecule has 1 aromatic carbocycles. The molecule has 0 bridgehead atoms. The molecule has 3 aromatic heterocycles. The number of nitrogens with one attached hydrogen (secondary N) is 4. The van der Waals surface area contributed by atoms with Gasteiger partial charge >= 0.3 is 6.16 Å². The second-order valence-corrected chi connectivity index (χ2v) is 15.5. The number of aliphatic hydroxyl groups excluding tert-OH is 1. The third-order valence-corrected chi connectivity index (χ3v) is 11.2. The zero-order chi connectivity index (χ0) is 42.8. The number of aromatic nitrogens is 5. The van der Waals surface area contributed by atoms with Crippen LogP contribution >= 0.6 is 34.9 Å². The predicted octanol–water partition coefficient (Wildman–Crippen LogP) is -0.756. The van der Waals surface area contributed by atoms with Crippen molar-refractivity contribution in [1.29, 1.82) is 0 Å². The van der Waals surface area contributed by atoms with E-state index in [0.717, 1.165) is 51.9 Å². The molecule has 0 aliphatic carbocycles. The van der Waals surface area contributed by atoms with Crippen molar-refractivity contribution in [1.82, 2.24) is 51.1 Å². The van der Waals surface area contributed by atoms with Gasteiger partial charge in [-0.3, -0.25) is 44.9 Å². The number of fused-ring (bicyclic) bond motifs is 2. The number of nitrogen functional groups attached to an aromatic ring is 1. The van der Waals surface area contributed by atoms with E-state index in [-0.39, 0.29) is 56.1 Å². The summed E-state index contributed by atoms with van der Waals surface area (Å²) in [5.74, 6) is -5.89. The summed E-state index contributed by atoms with van der Waals surface area (Å²) in [5.41, 5.74) is 9.03. The van der Waals surface area contributed by atoms with E-state index in [1.54, 1.807) is 0 Å². The van der Waals surface area contributed by atoms with Crippen molar-refractivity contribution in [2.45, 2.75) is 42.5 Å². The lowest BCUT2D eigenvalue weighted by Crippen LogP contribution is -2.70. The minimum atomic E-state index is -1.86. The third-order valence-electron chi connectivity index (χ3n) is 8.08. The van der Waals surface area contributed by atoms with E-state index >= 15 is 0 Å². The SMILES string of the molecule is CC(C)(O/N=C(\C(=O)N[C@@H]1C(=O)N2C(OC(=O)O)=C(CSc3cc(C(=O)NO)nc4nc(CO)nn34)CS[C@H]12)c1csc(N)n1)C(=O)NNC(=O)c1ccc(O)c(O)c1. The fraction of sp³-hybridized carbons (Fsp3) is 0.258. The fourth-order valence-electron chi connectivity index (χ4n) is 5.11. The molecule has 4 aromatic rings. The normalized spacial score (nSPS) is 16.5. The van der Waals surface area contributed by atoms with Gasteiger partial charge in [-0.05, 0) is 32.0 Å². The first-order valence-corrected chi connectivity index (χ1v) is 19.4. The molecule has 2 aliphatic rings. The zero-order valence-electron chi connectivity index (χ0n) is 30.1. The number of nitrogens with two attached hydrogens (primary N) is 1. The number of aliphatic hydroxyl groups is 1. The molecule has 2 aliphatic heterocycles. The standard InChI is InChI=1S/C31H30N12O13S3/c1-31(2,27(51)38-37-21(47)11-3-4-15(45)16(46)5-11)56-41-19(14-10-59-28(32)33-14)23(49)36-20-24(50)42-25(55-30(52)53)12(9-58-26(20)42)8-57-18-6-13(22(48)40-54)34-29-35-17(7-44)39-43(18)29/h3-6,10,20,26,44-46,54H,7-9H2,1-2H3,(H2,32,33)(H,36,49)(H,37,47)(H,38,51)(H,40,48)(H,52,53)/b41-19-/t20-,26-/m1/s1. The molecule has 0 saturated carbocycles. The van der Waals surface area contributed by atoms with Crippen molar-refractivity contribution in [2.75, 3.05) is 17.2 Å². The van der Waals surface area contributed by atoms with Crippen LogP contribution in [0.5, 0.6) is 11.5 Å². The number of hydroxylamine groups is 1. The monoisotopic (exact) mass is 874 g/mol. The van der Waals surface area contributed by atoms with Gasteiger partial charge < -0.3 is 41.1 Å². The quantitative estimate of drug-likeness (QED) is 0.0115. The smallest absolute Gasteiger partial charge is 0.504 e. The molecule has 2 atom stereocenters. The minimum Gasteiger partial charge on any atom is -0.504 e. The molecule has 5 amide bonds. The first-order chi connectivity index (χ1) is 28.0. The number of oxime groups is 1. The van der Waals surface area contributed by atoms with Crippen molar-refractivity contribution < 1.29 is 64.0 Å². The zero-order valence-corrected chi connectivity index (χ0v) is 32.5. The molecule has 25 nitrogen and oxygen atoms in total. The van der Waals surface area contributed by atoms with Gasteiger partial charge in [0.2, 0.25) is 11.5 Å². The molecule has 11 N–H and O–H groups in total. The van der Waals surface area contributed by atoms with E-state index in [2.05, 4.69) is 41.4 Å². The summed E-state index contributed by atoms with van der Waals surface area (Å²) in [6, 6.07) is 3.25. The molecule has 310 valence electrons. The first-order valence-electron chi connectivity index (χ1n) is 16.4. The molecule has 0 radical (unpaired) electrons. The summed E-state index contributed by atoms with van der Waals surface area (Å²) in [4.78, 5) is 95.2. The van der Waals surface area contributed by atoms with Crippen LogP contribution in [0.4, 0.5) is 9.93 Å². The Morgan fingerprint density at radius 3 is 2.49 bits per heavy atom. The van der Waals surface area contributed by atoms with Gasteiger partial charge in [0.05, 0.1) is 0 Å². The Labute approximate surface area is 341 Å². The summed E-state index contributed by atoms with van der Waals surface area (Å²) in [5, 5.41) is 58.7. The Morgan fingerprint density at radius 2 is 1.83 bits per heavy atom. The van der Waals surface area contributed by atoms with E-state index in [4.69, 9.17) is 20.5 Å².